The lowest BCUT2D eigenvalue weighted by Crippen LogP contribution is -2.39. The zero-order valence-electron chi connectivity index (χ0n) is 14.0. The highest BCUT2D eigenvalue weighted by Crippen LogP contribution is 2.27. The summed E-state index contributed by atoms with van der Waals surface area (Å²) in [5, 5.41) is 0. The van der Waals surface area contributed by atoms with Crippen molar-refractivity contribution in [2.24, 2.45) is 0 Å². The summed E-state index contributed by atoms with van der Waals surface area (Å²) in [6, 6.07) is 12.3. The van der Waals surface area contributed by atoms with Crippen LogP contribution in [-0.2, 0) is 0 Å². The van der Waals surface area contributed by atoms with Crippen LogP contribution in [0, 0.1) is 6.92 Å². The summed E-state index contributed by atoms with van der Waals surface area (Å²) < 4.78 is 0. The van der Waals surface area contributed by atoms with E-state index in [2.05, 4.69) is 16.9 Å². The summed E-state index contributed by atoms with van der Waals surface area (Å²) in [6.07, 6.45) is 2.80. The van der Waals surface area contributed by atoms with Crippen LogP contribution >= 0.6 is 0 Å². The van der Waals surface area contributed by atoms with Crippen molar-refractivity contribution >= 4 is 5.91 Å². The third-order valence-electron chi connectivity index (χ3n) is 4.67. The van der Waals surface area contributed by atoms with E-state index < -0.39 is 0 Å². The van der Waals surface area contributed by atoms with Gasteiger partial charge in [-0.1, -0.05) is 30.3 Å². The molecule has 4 heteroatoms. The van der Waals surface area contributed by atoms with E-state index in [1.54, 1.807) is 6.20 Å². The Labute approximate surface area is 137 Å². The molecule has 1 aliphatic heterocycles. The minimum atomic E-state index is 0.0646. The maximum absolute atomic E-state index is 13.1. The minimum absolute atomic E-state index is 0.0646. The van der Waals surface area contributed by atoms with Crippen molar-refractivity contribution in [2.45, 2.75) is 19.4 Å². The van der Waals surface area contributed by atoms with Gasteiger partial charge in [0.05, 0.1) is 11.3 Å². The lowest BCUT2D eigenvalue weighted by molar-refractivity contribution is 0.0737. The molecule has 2 aromatic rings. The van der Waals surface area contributed by atoms with Gasteiger partial charge in [0.2, 0.25) is 0 Å². The van der Waals surface area contributed by atoms with Crippen molar-refractivity contribution < 1.29 is 4.79 Å². The molecule has 0 bridgehead atoms. The number of nitrogens with zero attached hydrogens (tertiary/aromatic N) is 3. The third-order valence-corrected chi connectivity index (χ3v) is 4.67. The van der Waals surface area contributed by atoms with Gasteiger partial charge in [-0.3, -0.25) is 9.78 Å². The fraction of sp³-hybridized carbons (Fsp3) is 0.368. The number of pyridine rings is 1. The fourth-order valence-electron chi connectivity index (χ4n) is 3.26. The maximum Gasteiger partial charge on any atom is 0.256 e. The van der Waals surface area contributed by atoms with Crippen molar-refractivity contribution in [1.82, 2.24) is 14.8 Å². The Morgan fingerprint density at radius 1 is 1.26 bits per heavy atom. The molecular formula is C19H23N3O. The number of aromatic nitrogens is 1. The van der Waals surface area contributed by atoms with Crippen LogP contribution in [0.4, 0.5) is 0 Å². The molecule has 1 aromatic carbocycles. The molecule has 120 valence electrons. The zero-order chi connectivity index (χ0) is 16.4. The summed E-state index contributed by atoms with van der Waals surface area (Å²) in [4.78, 5) is 21.6. The minimum Gasteiger partial charge on any atom is -0.337 e. The molecule has 1 aliphatic rings. The van der Waals surface area contributed by atoms with Gasteiger partial charge in [0.25, 0.3) is 5.91 Å². The number of hydrogen-bond acceptors (Lipinski definition) is 3. The predicted molar refractivity (Wildman–Crippen MR) is 92.4 cm³/mol. The number of likely N-dealkylation sites (N-methyl/N-ethyl adjacent to an activating group) is 2. The molecule has 1 atom stereocenters. The van der Waals surface area contributed by atoms with E-state index in [4.69, 9.17) is 0 Å². The topological polar surface area (TPSA) is 36.4 Å². The molecule has 1 amide bonds. The second-order valence-electron chi connectivity index (χ2n) is 6.31. The summed E-state index contributed by atoms with van der Waals surface area (Å²) in [5.74, 6) is 0.0646. The summed E-state index contributed by atoms with van der Waals surface area (Å²) in [7, 11) is 4.01. The summed E-state index contributed by atoms with van der Waals surface area (Å²) >= 11 is 0. The van der Waals surface area contributed by atoms with Gasteiger partial charge < -0.3 is 9.80 Å². The molecule has 23 heavy (non-hydrogen) atoms. The smallest absolute Gasteiger partial charge is 0.256 e. The first kappa shape index (κ1) is 15.7. The number of likely N-dealkylation sites (tertiary alicyclic amines) is 1. The lowest BCUT2D eigenvalue weighted by Gasteiger charge is -2.26. The van der Waals surface area contributed by atoms with Crippen molar-refractivity contribution in [3.63, 3.8) is 0 Å². The number of carbonyl (C=O) groups is 1. The molecule has 4 nitrogen and oxygen atoms in total. The normalized spacial score (nSPS) is 18.1. The number of rotatable bonds is 3. The van der Waals surface area contributed by atoms with Gasteiger partial charge in [-0.2, -0.15) is 0 Å². The predicted octanol–water partition coefficient (Wildman–Crippen LogP) is 2.83. The van der Waals surface area contributed by atoms with Crippen LogP contribution in [0.5, 0.6) is 0 Å². The van der Waals surface area contributed by atoms with Gasteiger partial charge in [-0.25, -0.2) is 0 Å². The largest absolute Gasteiger partial charge is 0.337 e. The molecule has 1 aromatic heterocycles. The van der Waals surface area contributed by atoms with Crippen molar-refractivity contribution in [3.05, 3.63) is 53.9 Å². The lowest BCUT2D eigenvalue weighted by atomic mass is 9.98. The SMILES string of the molecule is Cc1nccc(-c2ccccc2)c1C(=O)N(C)[C@H]1CCN(C)C1. The zero-order valence-corrected chi connectivity index (χ0v) is 14.0. The van der Waals surface area contributed by atoms with E-state index in [9.17, 15) is 4.79 Å². The molecule has 0 spiro atoms. The van der Waals surface area contributed by atoms with Crippen LogP contribution in [0.25, 0.3) is 11.1 Å². The highest BCUT2D eigenvalue weighted by Gasteiger charge is 2.29. The molecule has 0 unspecified atom stereocenters. The Morgan fingerprint density at radius 3 is 2.65 bits per heavy atom. The van der Waals surface area contributed by atoms with Crippen molar-refractivity contribution in [3.8, 4) is 11.1 Å². The van der Waals surface area contributed by atoms with E-state index in [0.29, 0.717) is 0 Å². The van der Waals surface area contributed by atoms with Crippen LogP contribution in [0.15, 0.2) is 42.6 Å². The Kier molecular flexibility index (Phi) is 4.44. The van der Waals surface area contributed by atoms with Crippen LogP contribution in [0.3, 0.4) is 0 Å². The average Bonchev–Trinajstić information content (AvgIpc) is 3.00. The number of hydrogen-bond donors (Lipinski definition) is 0. The molecule has 0 aliphatic carbocycles. The number of benzene rings is 1. The Bertz CT molecular complexity index is 699. The maximum atomic E-state index is 13.1. The van der Waals surface area contributed by atoms with Gasteiger partial charge in [0.1, 0.15) is 0 Å². The van der Waals surface area contributed by atoms with Gasteiger partial charge in [-0.05, 0) is 44.1 Å². The van der Waals surface area contributed by atoms with E-state index in [0.717, 1.165) is 41.9 Å². The van der Waals surface area contributed by atoms with Crippen LogP contribution in [-0.4, -0.2) is 53.9 Å². The van der Waals surface area contributed by atoms with Gasteiger partial charge >= 0.3 is 0 Å². The molecule has 3 rings (SSSR count). The van der Waals surface area contributed by atoms with Gasteiger partial charge in [0.15, 0.2) is 0 Å². The highest BCUT2D eigenvalue weighted by atomic mass is 16.2. The first-order valence-electron chi connectivity index (χ1n) is 8.04. The first-order chi connectivity index (χ1) is 11.1. The Morgan fingerprint density at radius 2 is 2.00 bits per heavy atom. The standard InChI is InChI=1S/C19H23N3O/c1-14-18(19(23)22(3)16-10-12-21(2)13-16)17(9-11-20-14)15-7-5-4-6-8-15/h4-9,11,16H,10,12-13H2,1-3H3/t16-/m0/s1. The van der Waals surface area contributed by atoms with Crippen molar-refractivity contribution in [1.29, 1.82) is 0 Å². The van der Waals surface area contributed by atoms with Crippen LogP contribution in [0.2, 0.25) is 0 Å². The number of carbonyl (C=O) groups excluding carboxylic acids is 1. The quantitative estimate of drug-likeness (QED) is 0.875. The van der Waals surface area contributed by atoms with Crippen LogP contribution in [0.1, 0.15) is 22.5 Å². The molecule has 0 radical (unpaired) electrons. The molecular weight excluding hydrogens is 286 g/mol. The Balaban J connectivity index is 1.97. The highest BCUT2D eigenvalue weighted by molar-refractivity contribution is 6.01. The van der Waals surface area contributed by atoms with E-state index >= 15 is 0 Å². The fourth-order valence-corrected chi connectivity index (χ4v) is 3.26. The van der Waals surface area contributed by atoms with Crippen LogP contribution < -0.4 is 0 Å². The van der Waals surface area contributed by atoms with E-state index in [1.807, 2.05) is 55.3 Å². The first-order valence-corrected chi connectivity index (χ1v) is 8.04. The van der Waals surface area contributed by atoms with E-state index in [1.165, 1.54) is 0 Å². The second-order valence-corrected chi connectivity index (χ2v) is 6.31. The molecule has 1 saturated heterocycles. The van der Waals surface area contributed by atoms with Gasteiger partial charge in [0, 0.05) is 25.8 Å². The molecule has 0 saturated carbocycles. The molecule has 2 heterocycles. The summed E-state index contributed by atoms with van der Waals surface area (Å²) in [5.41, 5.74) is 3.52. The third kappa shape index (κ3) is 3.13. The van der Waals surface area contributed by atoms with E-state index in [-0.39, 0.29) is 11.9 Å². The monoisotopic (exact) mass is 309 g/mol. The molecule has 0 N–H and O–H groups in total. The molecule has 1 fully saturated rings. The van der Waals surface area contributed by atoms with Gasteiger partial charge in [-0.15, -0.1) is 0 Å². The second kappa shape index (κ2) is 6.50. The Hall–Kier alpha value is -2.20. The van der Waals surface area contributed by atoms with Crippen molar-refractivity contribution in [2.75, 3.05) is 27.2 Å². The number of aryl methyl sites for hydroxylation is 1. The summed E-state index contributed by atoms with van der Waals surface area (Å²) in [6.45, 7) is 3.89. The average molecular weight is 309 g/mol. The number of amides is 1.